The molecule has 0 aliphatic rings. The largest absolute Gasteiger partial charge is 0.336 e. The Bertz CT molecular complexity index is 537. The van der Waals surface area contributed by atoms with Crippen molar-refractivity contribution in [2.75, 3.05) is 6.54 Å². The van der Waals surface area contributed by atoms with Gasteiger partial charge in [-0.1, -0.05) is 36.4 Å². The number of carbonyl (C=O) groups excluding carboxylic acids is 1. The van der Waals surface area contributed by atoms with Gasteiger partial charge in [-0.2, -0.15) is 0 Å². The third-order valence-electron chi connectivity index (χ3n) is 3.26. The van der Waals surface area contributed by atoms with E-state index in [1.54, 1.807) is 11.3 Å². The average Bonchev–Trinajstić information content (AvgIpc) is 2.98. The molecule has 1 amide bonds. The number of rotatable bonds is 7. The van der Waals surface area contributed by atoms with E-state index in [0.717, 1.165) is 0 Å². The van der Waals surface area contributed by atoms with Crippen LogP contribution in [0.1, 0.15) is 24.3 Å². The summed E-state index contributed by atoms with van der Waals surface area (Å²) < 4.78 is 0. The van der Waals surface area contributed by atoms with E-state index >= 15 is 0 Å². The predicted octanol–water partition coefficient (Wildman–Crippen LogP) is 2.25. The monoisotopic (exact) mass is 303 g/mol. The van der Waals surface area contributed by atoms with Gasteiger partial charge >= 0.3 is 0 Å². The number of nitrogens with two attached hydrogens (primary N) is 1. The highest BCUT2D eigenvalue weighted by Gasteiger charge is 2.17. The third-order valence-corrected chi connectivity index (χ3v) is 4.12. The maximum Gasteiger partial charge on any atom is 0.278 e. The van der Waals surface area contributed by atoms with Gasteiger partial charge in [-0.15, -0.1) is 11.3 Å². The summed E-state index contributed by atoms with van der Waals surface area (Å²) in [7, 11) is 0. The molecule has 2 aromatic rings. The number of hydrogen-bond donors (Lipinski definition) is 1. The minimum Gasteiger partial charge on any atom is -0.336 e. The van der Waals surface area contributed by atoms with Crippen LogP contribution in [-0.4, -0.2) is 23.4 Å². The van der Waals surface area contributed by atoms with Gasteiger partial charge in [-0.25, -0.2) is 0 Å². The second-order valence-corrected chi connectivity index (χ2v) is 6.53. The van der Waals surface area contributed by atoms with Gasteiger partial charge in [0.05, 0.1) is 12.6 Å². The van der Waals surface area contributed by atoms with E-state index in [9.17, 15) is 4.79 Å². The number of amides is 1. The van der Waals surface area contributed by atoms with Crippen LogP contribution in [0.25, 0.3) is 0 Å². The minimum absolute atomic E-state index is 0.195. The lowest BCUT2D eigenvalue weighted by Crippen LogP contribution is -2.90. The van der Waals surface area contributed by atoms with Crippen LogP contribution in [0.4, 0.5) is 0 Å². The zero-order chi connectivity index (χ0) is 15.1. The molecule has 3 nitrogen and oxygen atoms in total. The Balaban J connectivity index is 2.04. The average molecular weight is 303 g/mol. The molecule has 4 heteroatoms. The molecular formula is C17H23N2OS+. The van der Waals surface area contributed by atoms with Crippen LogP contribution in [0.2, 0.25) is 0 Å². The molecule has 2 rings (SSSR count). The fraction of sp³-hybridized carbons (Fsp3) is 0.353. The molecule has 1 aromatic carbocycles. The van der Waals surface area contributed by atoms with Crippen molar-refractivity contribution < 1.29 is 10.1 Å². The number of nitrogens with zero attached hydrogens (tertiary/aromatic N) is 1. The van der Waals surface area contributed by atoms with Crippen molar-refractivity contribution in [3.05, 3.63) is 58.3 Å². The van der Waals surface area contributed by atoms with E-state index in [-0.39, 0.29) is 5.91 Å². The first-order chi connectivity index (χ1) is 10.1. The Hall–Kier alpha value is -1.65. The second-order valence-electron chi connectivity index (χ2n) is 5.50. The van der Waals surface area contributed by atoms with Crippen LogP contribution >= 0.6 is 11.3 Å². The molecule has 1 heterocycles. The van der Waals surface area contributed by atoms with E-state index in [1.165, 1.54) is 10.4 Å². The van der Waals surface area contributed by atoms with Crippen molar-refractivity contribution >= 4 is 17.2 Å². The quantitative estimate of drug-likeness (QED) is 0.837. The Labute approximate surface area is 130 Å². The summed E-state index contributed by atoms with van der Waals surface area (Å²) in [6.45, 7) is 6.08. The van der Waals surface area contributed by atoms with Gasteiger partial charge in [0.15, 0.2) is 6.54 Å². The SMILES string of the molecule is CC(C)[NH2+]CC(=O)N(Cc1ccccc1)Cc1cccs1. The van der Waals surface area contributed by atoms with Crippen molar-refractivity contribution in [3.63, 3.8) is 0 Å². The van der Waals surface area contributed by atoms with E-state index in [4.69, 9.17) is 0 Å². The standard InChI is InChI=1S/C17H22N2OS/c1-14(2)18-11-17(20)19(13-16-9-6-10-21-16)12-15-7-4-3-5-8-15/h3-10,14,18H,11-13H2,1-2H3/p+1. The van der Waals surface area contributed by atoms with Crippen LogP contribution in [0.5, 0.6) is 0 Å². The normalized spacial score (nSPS) is 10.8. The fourth-order valence-electron chi connectivity index (χ4n) is 2.09. The van der Waals surface area contributed by atoms with Crippen molar-refractivity contribution in [1.29, 1.82) is 0 Å². The highest BCUT2D eigenvalue weighted by Crippen LogP contribution is 2.14. The van der Waals surface area contributed by atoms with Gasteiger partial charge in [0.1, 0.15) is 0 Å². The lowest BCUT2D eigenvalue weighted by molar-refractivity contribution is -0.673. The van der Waals surface area contributed by atoms with E-state index in [2.05, 4.69) is 42.7 Å². The van der Waals surface area contributed by atoms with Gasteiger partial charge in [0.25, 0.3) is 5.91 Å². The maximum atomic E-state index is 12.5. The molecule has 1 aromatic heterocycles. The van der Waals surface area contributed by atoms with Crippen molar-refractivity contribution in [3.8, 4) is 0 Å². The molecule has 0 aliphatic heterocycles. The summed E-state index contributed by atoms with van der Waals surface area (Å²) >= 11 is 1.70. The topological polar surface area (TPSA) is 36.9 Å². The lowest BCUT2D eigenvalue weighted by Gasteiger charge is -2.22. The van der Waals surface area contributed by atoms with E-state index in [0.29, 0.717) is 25.7 Å². The molecule has 0 saturated carbocycles. The van der Waals surface area contributed by atoms with Crippen LogP contribution in [0.3, 0.4) is 0 Å². The predicted molar refractivity (Wildman–Crippen MR) is 86.9 cm³/mol. The van der Waals surface area contributed by atoms with Crippen molar-refractivity contribution in [2.24, 2.45) is 0 Å². The zero-order valence-electron chi connectivity index (χ0n) is 12.7. The van der Waals surface area contributed by atoms with Gasteiger partial charge in [-0.05, 0) is 30.9 Å². The second kappa shape index (κ2) is 7.96. The highest BCUT2D eigenvalue weighted by atomic mass is 32.1. The molecule has 21 heavy (non-hydrogen) atoms. The molecule has 0 radical (unpaired) electrons. The number of quaternary nitrogens is 1. The number of benzene rings is 1. The smallest absolute Gasteiger partial charge is 0.278 e. The molecular weight excluding hydrogens is 280 g/mol. The van der Waals surface area contributed by atoms with Crippen LogP contribution < -0.4 is 5.32 Å². The third kappa shape index (κ3) is 5.33. The molecule has 0 atom stereocenters. The summed E-state index contributed by atoms with van der Waals surface area (Å²) in [6, 6.07) is 14.7. The summed E-state index contributed by atoms with van der Waals surface area (Å²) in [5.74, 6) is 0.195. The summed E-state index contributed by atoms with van der Waals surface area (Å²) in [6.07, 6.45) is 0. The number of carbonyl (C=O) groups is 1. The molecule has 0 spiro atoms. The Morgan fingerprint density at radius 3 is 2.52 bits per heavy atom. The fourth-order valence-corrected chi connectivity index (χ4v) is 2.81. The zero-order valence-corrected chi connectivity index (χ0v) is 13.5. The first kappa shape index (κ1) is 15.7. The number of hydrogen-bond acceptors (Lipinski definition) is 2. The van der Waals surface area contributed by atoms with Crippen molar-refractivity contribution in [2.45, 2.75) is 33.0 Å². The van der Waals surface area contributed by atoms with E-state index in [1.807, 2.05) is 29.2 Å². The van der Waals surface area contributed by atoms with E-state index < -0.39 is 0 Å². The summed E-state index contributed by atoms with van der Waals surface area (Å²) in [5, 5.41) is 4.13. The van der Waals surface area contributed by atoms with Gasteiger partial charge in [-0.3, -0.25) is 4.79 Å². The van der Waals surface area contributed by atoms with Gasteiger partial charge < -0.3 is 10.2 Å². The Kier molecular flexibility index (Phi) is 5.96. The molecule has 0 aliphatic carbocycles. The van der Waals surface area contributed by atoms with Crippen molar-refractivity contribution in [1.82, 2.24) is 4.90 Å². The first-order valence-electron chi connectivity index (χ1n) is 7.32. The van der Waals surface area contributed by atoms with Crippen LogP contribution in [0, 0.1) is 0 Å². The molecule has 2 N–H and O–H groups in total. The molecule has 0 fully saturated rings. The molecule has 0 bridgehead atoms. The minimum atomic E-state index is 0.195. The van der Waals surface area contributed by atoms with Crippen LogP contribution in [0.15, 0.2) is 47.8 Å². The Morgan fingerprint density at radius 1 is 1.14 bits per heavy atom. The summed E-state index contributed by atoms with van der Waals surface area (Å²) in [5.41, 5.74) is 1.17. The number of thiophene rings is 1. The van der Waals surface area contributed by atoms with Gasteiger partial charge in [0.2, 0.25) is 0 Å². The van der Waals surface area contributed by atoms with Crippen LogP contribution in [-0.2, 0) is 17.9 Å². The molecule has 0 unspecified atom stereocenters. The maximum absolute atomic E-state index is 12.5. The van der Waals surface area contributed by atoms with Gasteiger partial charge in [0, 0.05) is 11.4 Å². The Morgan fingerprint density at radius 2 is 1.90 bits per heavy atom. The first-order valence-corrected chi connectivity index (χ1v) is 8.20. The molecule has 0 saturated heterocycles. The lowest BCUT2D eigenvalue weighted by atomic mass is 10.2. The molecule has 112 valence electrons. The summed E-state index contributed by atoms with van der Waals surface area (Å²) in [4.78, 5) is 15.6. The highest BCUT2D eigenvalue weighted by molar-refractivity contribution is 7.09.